The highest BCUT2D eigenvalue weighted by Gasteiger charge is 2.15. The molecule has 0 saturated carbocycles. The molecule has 1 heterocycles. The van der Waals surface area contributed by atoms with Crippen LogP contribution < -0.4 is 0 Å². The third kappa shape index (κ3) is 2.58. The van der Waals surface area contributed by atoms with Crippen molar-refractivity contribution in [2.75, 3.05) is 0 Å². The minimum absolute atomic E-state index is 0.139. The van der Waals surface area contributed by atoms with Crippen molar-refractivity contribution in [3.8, 4) is 11.3 Å². The van der Waals surface area contributed by atoms with Gasteiger partial charge in [0.15, 0.2) is 0 Å². The van der Waals surface area contributed by atoms with Crippen LogP contribution in [0.4, 0.5) is 0 Å². The lowest BCUT2D eigenvalue weighted by Gasteiger charge is -2.06. The Morgan fingerprint density at radius 2 is 1.67 bits per heavy atom. The molecule has 0 bridgehead atoms. The van der Waals surface area contributed by atoms with Gasteiger partial charge in [-0.05, 0) is 29.3 Å². The number of pyridine rings is 1. The average Bonchev–Trinajstić information content (AvgIpc) is 2.39. The zero-order chi connectivity index (χ0) is 13.1. The second-order valence-electron chi connectivity index (χ2n) is 3.53. The molecular weight excluding hydrogens is 273 g/mol. The first-order chi connectivity index (χ1) is 8.59. The lowest BCUT2D eigenvalue weighted by atomic mass is 10.1. The number of rotatable bonds is 3. The first-order valence-electron chi connectivity index (χ1n) is 5.04. The van der Waals surface area contributed by atoms with Gasteiger partial charge in [0, 0.05) is 11.8 Å². The van der Waals surface area contributed by atoms with E-state index in [4.69, 9.17) is 23.2 Å². The Kier molecular flexibility index (Phi) is 3.75. The predicted molar refractivity (Wildman–Crippen MR) is 70.0 cm³/mol. The van der Waals surface area contributed by atoms with Crippen LogP contribution in [0.5, 0.6) is 0 Å². The number of halogens is 2. The Morgan fingerprint density at radius 3 is 2.22 bits per heavy atom. The predicted octanol–water partition coefficient (Wildman–Crippen LogP) is 3.51. The molecule has 0 amide bonds. The van der Waals surface area contributed by atoms with E-state index in [0.717, 1.165) is 5.56 Å². The van der Waals surface area contributed by atoms with Crippen LogP contribution in [0.2, 0.25) is 0 Å². The van der Waals surface area contributed by atoms with Gasteiger partial charge in [0.1, 0.15) is 0 Å². The Bertz CT molecular complexity index is 612. The van der Waals surface area contributed by atoms with Gasteiger partial charge in [-0.15, -0.1) is 0 Å². The van der Waals surface area contributed by atoms with E-state index in [-0.39, 0.29) is 11.1 Å². The van der Waals surface area contributed by atoms with E-state index in [1.807, 2.05) is 18.2 Å². The molecule has 0 aliphatic rings. The van der Waals surface area contributed by atoms with E-state index in [2.05, 4.69) is 4.98 Å². The lowest BCUT2D eigenvalue weighted by Crippen LogP contribution is -2.01. The third-order valence-electron chi connectivity index (χ3n) is 2.37. The van der Waals surface area contributed by atoms with Crippen LogP contribution in [0.3, 0.4) is 0 Å². The van der Waals surface area contributed by atoms with Crippen molar-refractivity contribution < 1.29 is 9.59 Å². The fourth-order valence-electron chi connectivity index (χ4n) is 1.55. The number of carbonyl (C=O) groups is 2. The molecule has 1 aromatic heterocycles. The number of aromatic nitrogens is 1. The maximum absolute atomic E-state index is 11.4. The van der Waals surface area contributed by atoms with Crippen molar-refractivity contribution >= 4 is 33.7 Å². The molecule has 0 saturated heterocycles. The summed E-state index contributed by atoms with van der Waals surface area (Å²) in [4.78, 5) is 26.5. The van der Waals surface area contributed by atoms with Crippen LogP contribution in [0.15, 0.2) is 42.6 Å². The van der Waals surface area contributed by atoms with Gasteiger partial charge in [-0.25, -0.2) is 0 Å². The molecule has 2 aromatic rings. The molecule has 3 nitrogen and oxygen atoms in total. The van der Waals surface area contributed by atoms with Gasteiger partial charge >= 0.3 is 0 Å². The van der Waals surface area contributed by atoms with Crippen LogP contribution in [0.25, 0.3) is 11.3 Å². The Balaban J connectivity index is 2.61. The molecule has 0 radical (unpaired) electrons. The maximum Gasteiger partial charge on any atom is 0.254 e. The number of benzene rings is 1. The van der Waals surface area contributed by atoms with Crippen LogP contribution >= 0.6 is 23.2 Å². The SMILES string of the molecule is O=C(Cl)c1cnc(-c2ccccc2)c(C(=O)Cl)c1. The number of hydrogen-bond donors (Lipinski definition) is 0. The van der Waals surface area contributed by atoms with Crippen molar-refractivity contribution in [1.29, 1.82) is 0 Å². The van der Waals surface area contributed by atoms with E-state index in [9.17, 15) is 9.59 Å². The molecule has 0 unspecified atom stereocenters. The zero-order valence-corrected chi connectivity index (χ0v) is 10.6. The molecule has 18 heavy (non-hydrogen) atoms. The first kappa shape index (κ1) is 12.7. The maximum atomic E-state index is 11.4. The molecule has 2 rings (SSSR count). The van der Waals surface area contributed by atoms with Crippen molar-refractivity contribution in [2.45, 2.75) is 0 Å². The monoisotopic (exact) mass is 279 g/mol. The van der Waals surface area contributed by atoms with Crippen molar-refractivity contribution in [3.63, 3.8) is 0 Å². The van der Waals surface area contributed by atoms with Crippen LogP contribution in [-0.4, -0.2) is 15.5 Å². The highest BCUT2D eigenvalue weighted by molar-refractivity contribution is 6.69. The molecule has 1 aromatic carbocycles. The Morgan fingerprint density at radius 1 is 1.00 bits per heavy atom. The van der Waals surface area contributed by atoms with Crippen molar-refractivity contribution in [2.24, 2.45) is 0 Å². The molecule has 0 atom stereocenters. The van der Waals surface area contributed by atoms with Crippen LogP contribution in [-0.2, 0) is 0 Å². The van der Waals surface area contributed by atoms with Crippen LogP contribution in [0, 0.1) is 0 Å². The van der Waals surface area contributed by atoms with E-state index in [1.165, 1.54) is 12.3 Å². The normalized spacial score (nSPS) is 10.1. The van der Waals surface area contributed by atoms with E-state index in [1.54, 1.807) is 12.1 Å². The summed E-state index contributed by atoms with van der Waals surface area (Å²) in [6, 6.07) is 10.4. The summed E-state index contributed by atoms with van der Waals surface area (Å²) in [6.45, 7) is 0. The molecule has 0 N–H and O–H groups in total. The number of carbonyl (C=O) groups excluding carboxylic acids is 2. The van der Waals surface area contributed by atoms with Gasteiger partial charge in [-0.1, -0.05) is 30.3 Å². The summed E-state index contributed by atoms with van der Waals surface area (Å²) >= 11 is 10.8. The van der Waals surface area contributed by atoms with Gasteiger partial charge in [-0.3, -0.25) is 14.6 Å². The summed E-state index contributed by atoms with van der Waals surface area (Å²) < 4.78 is 0. The van der Waals surface area contributed by atoms with E-state index in [0.29, 0.717) is 5.69 Å². The Labute approximate surface area is 113 Å². The highest BCUT2D eigenvalue weighted by atomic mass is 35.5. The minimum atomic E-state index is -0.680. The second-order valence-corrected chi connectivity index (χ2v) is 4.22. The smallest absolute Gasteiger partial charge is 0.254 e. The van der Waals surface area contributed by atoms with Crippen molar-refractivity contribution in [3.05, 3.63) is 53.7 Å². The van der Waals surface area contributed by atoms with Crippen LogP contribution in [0.1, 0.15) is 20.7 Å². The van der Waals surface area contributed by atoms with Gasteiger partial charge in [0.25, 0.3) is 10.5 Å². The molecular formula is C13H7Cl2NO2. The van der Waals surface area contributed by atoms with Gasteiger partial charge in [0.2, 0.25) is 0 Å². The van der Waals surface area contributed by atoms with Crippen molar-refractivity contribution in [1.82, 2.24) is 4.98 Å². The molecule has 0 fully saturated rings. The zero-order valence-electron chi connectivity index (χ0n) is 9.06. The van der Waals surface area contributed by atoms with E-state index >= 15 is 0 Å². The number of hydrogen-bond acceptors (Lipinski definition) is 3. The third-order valence-corrected chi connectivity index (χ3v) is 2.80. The quantitative estimate of drug-likeness (QED) is 0.808. The summed E-state index contributed by atoms with van der Waals surface area (Å²) in [5.41, 5.74) is 1.47. The summed E-state index contributed by atoms with van der Waals surface area (Å²) in [7, 11) is 0. The first-order valence-corrected chi connectivity index (χ1v) is 5.80. The largest absolute Gasteiger partial charge is 0.276 e. The molecule has 0 aliphatic carbocycles. The fourth-order valence-corrected chi connectivity index (χ4v) is 1.80. The molecule has 0 spiro atoms. The van der Waals surface area contributed by atoms with Gasteiger partial charge in [-0.2, -0.15) is 0 Å². The Hall–Kier alpha value is -1.71. The average molecular weight is 280 g/mol. The second kappa shape index (κ2) is 5.29. The highest BCUT2D eigenvalue weighted by Crippen LogP contribution is 2.23. The minimum Gasteiger partial charge on any atom is -0.276 e. The summed E-state index contributed by atoms with van der Waals surface area (Å²) in [5.74, 6) is 0. The molecule has 0 aliphatic heterocycles. The van der Waals surface area contributed by atoms with Gasteiger partial charge in [0.05, 0.1) is 16.8 Å². The lowest BCUT2D eigenvalue weighted by molar-refractivity contribution is 0.108. The van der Waals surface area contributed by atoms with Gasteiger partial charge < -0.3 is 0 Å². The fraction of sp³-hybridized carbons (Fsp3) is 0. The van der Waals surface area contributed by atoms with E-state index < -0.39 is 10.5 Å². The topological polar surface area (TPSA) is 47.0 Å². The standard InChI is InChI=1S/C13H7Cl2NO2/c14-12(17)9-6-10(13(15)18)11(16-7-9)8-4-2-1-3-5-8/h1-7H. The molecule has 5 heteroatoms. The summed E-state index contributed by atoms with van der Waals surface area (Å²) in [6.07, 6.45) is 1.32. The molecule has 90 valence electrons. The number of nitrogens with zero attached hydrogens (tertiary/aromatic N) is 1. The summed E-state index contributed by atoms with van der Waals surface area (Å²) in [5, 5.41) is -1.36.